The van der Waals surface area contributed by atoms with Gasteiger partial charge in [0.25, 0.3) is 0 Å². The van der Waals surface area contributed by atoms with Crippen molar-refractivity contribution < 1.29 is 14.8 Å². The fourth-order valence-corrected chi connectivity index (χ4v) is 2.35. The van der Waals surface area contributed by atoms with E-state index < -0.39 is 16.4 Å². The van der Waals surface area contributed by atoms with Crippen LogP contribution in [0.15, 0.2) is 30.3 Å². The maximum Gasteiger partial charge on any atom is 0.387 e. The second-order valence-corrected chi connectivity index (χ2v) is 4.95. The van der Waals surface area contributed by atoms with Crippen LogP contribution in [0.25, 0.3) is 0 Å². The van der Waals surface area contributed by atoms with Crippen LogP contribution in [0, 0.1) is 10.1 Å². The number of carbonyl (C=O) groups is 1. The molecule has 0 fully saturated rings. The summed E-state index contributed by atoms with van der Waals surface area (Å²) in [5.41, 5.74) is -1.78. The first-order chi connectivity index (χ1) is 9.55. The molecule has 0 aliphatic heterocycles. The Hall–Kier alpha value is -1.91. The Morgan fingerprint density at radius 1 is 1.20 bits per heavy atom. The minimum atomic E-state index is -2.02. The molecular formula is C15H21NO4. The van der Waals surface area contributed by atoms with Gasteiger partial charge in [0.1, 0.15) is 0 Å². The van der Waals surface area contributed by atoms with Crippen molar-refractivity contribution in [3.63, 3.8) is 0 Å². The third kappa shape index (κ3) is 3.56. The Balaban J connectivity index is 2.90. The van der Waals surface area contributed by atoms with Crippen molar-refractivity contribution in [2.45, 2.75) is 51.0 Å². The van der Waals surface area contributed by atoms with Gasteiger partial charge in [-0.2, -0.15) is 0 Å². The van der Waals surface area contributed by atoms with E-state index in [-0.39, 0.29) is 12.0 Å². The molecule has 0 amide bonds. The summed E-state index contributed by atoms with van der Waals surface area (Å²) in [6.07, 6.45) is 4.54. The highest BCUT2D eigenvalue weighted by Crippen LogP contribution is 2.31. The molecule has 5 heteroatoms. The molecular weight excluding hydrogens is 258 g/mol. The quantitative estimate of drug-likeness (QED) is 0.425. The average Bonchev–Trinajstić information content (AvgIpc) is 2.43. The van der Waals surface area contributed by atoms with E-state index in [1.54, 1.807) is 18.2 Å². The van der Waals surface area contributed by atoms with Gasteiger partial charge in [-0.15, -0.1) is 0 Å². The van der Waals surface area contributed by atoms with Crippen LogP contribution in [-0.4, -0.2) is 16.0 Å². The second-order valence-electron chi connectivity index (χ2n) is 4.95. The van der Waals surface area contributed by atoms with Gasteiger partial charge >= 0.3 is 11.5 Å². The number of benzene rings is 1. The zero-order chi connectivity index (χ0) is 15.0. The van der Waals surface area contributed by atoms with Crippen LogP contribution in [0.3, 0.4) is 0 Å². The highest BCUT2D eigenvalue weighted by molar-refractivity contribution is 5.79. The molecule has 0 aromatic heterocycles. The first kappa shape index (κ1) is 16.1. The van der Waals surface area contributed by atoms with Crippen molar-refractivity contribution in [2.24, 2.45) is 0 Å². The lowest BCUT2D eigenvalue weighted by Gasteiger charge is -2.21. The molecule has 0 bridgehead atoms. The Labute approximate surface area is 118 Å². The van der Waals surface area contributed by atoms with E-state index in [2.05, 4.69) is 6.92 Å². The number of hydrogen-bond donors (Lipinski definition) is 1. The molecule has 0 saturated heterocycles. The molecule has 110 valence electrons. The van der Waals surface area contributed by atoms with Gasteiger partial charge in [-0.1, -0.05) is 62.9 Å². The molecule has 1 unspecified atom stereocenters. The lowest BCUT2D eigenvalue weighted by atomic mass is 9.85. The van der Waals surface area contributed by atoms with E-state index in [0.29, 0.717) is 6.42 Å². The van der Waals surface area contributed by atoms with Crippen molar-refractivity contribution in [2.75, 3.05) is 0 Å². The topological polar surface area (TPSA) is 80.4 Å². The van der Waals surface area contributed by atoms with Crippen molar-refractivity contribution in [3.05, 3.63) is 46.0 Å². The summed E-state index contributed by atoms with van der Waals surface area (Å²) in [6.45, 7) is 2.09. The molecule has 1 aromatic rings. The smallest absolute Gasteiger partial charge is 0.387 e. The zero-order valence-corrected chi connectivity index (χ0v) is 11.7. The van der Waals surface area contributed by atoms with Gasteiger partial charge in [-0.3, -0.25) is 10.1 Å². The molecule has 0 saturated carbocycles. The van der Waals surface area contributed by atoms with Crippen LogP contribution in [0.5, 0.6) is 0 Å². The van der Waals surface area contributed by atoms with Crippen LogP contribution in [-0.2, 0) is 10.3 Å². The molecule has 1 atom stereocenters. The van der Waals surface area contributed by atoms with Crippen LogP contribution in [0.4, 0.5) is 0 Å². The fourth-order valence-electron chi connectivity index (χ4n) is 2.35. The zero-order valence-electron chi connectivity index (χ0n) is 11.7. The molecule has 0 spiro atoms. The van der Waals surface area contributed by atoms with E-state index in [1.165, 1.54) is 12.1 Å². The number of nitrogens with zero attached hydrogens (tertiary/aromatic N) is 1. The molecule has 20 heavy (non-hydrogen) atoms. The molecule has 0 aliphatic carbocycles. The van der Waals surface area contributed by atoms with Crippen molar-refractivity contribution in [3.8, 4) is 0 Å². The number of carboxylic acid groups (broad SMARTS) is 1. The minimum absolute atomic E-state index is 0.0308. The Bertz CT molecular complexity index is 430. The van der Waals surface area contributed by atoms with Crippen LogP contribution < -0.4 is 0 Å². The molecule has 0 aliphatic rings. The van der Waals surface area contributed by atoms with E-state index in [9.17, 15) is 20.0 Å². The monoisotopic (exact) mass is 279 g/mol. The van der Waals surface area contributed by atoms with Gasteiger partial charge in [-0.25, -0.2) is 4.79 Å². The highest BCUT2D eigenvalue weighted by Gasteiger charge is 2.52. The van der Waals surface area contributed by atoms with Gasteiger partial charge in [0.15, 0.2) is 0 Å². The first-order valence-electron chi connectivity index (χ1n) is 6.99. The van der Waals surface area contributed by atoms with Crippen LogP contribution in [0.1, 0.15) is 51.0 Å². The minimum Gasteiger partial charge on any atom is -0.476 e. The summed E-state index contributed by atoms with van der Waals surface area (Å²) in [5.74, 6) is -1.39. The lowest BCUT2D eigenvalue weighted by molar-refractivity contribution is -0.565. The number of rotatable bonds is 9. The summed E-state index contributed by atoms with van der Waals surface area (Å²) in [6, 6.07) is 8.02. The molecule has 1 aromatic carbocycles. The highest BCUT2D eigenvalue weighted by atomic mass is 16.6. The molecule has 1 N–H and O–H groups in total. The number of nitro groups is 1. The number of aliphatic carboxylic acids is 1. The average molecular weight is 279 g/mol. The Morgan fingerprint density at radius 2 is 1.80 bits per heavy atom. The number of unbranched alkanes of at least 4 members (excludes halogenated alkanes) is 4. The van der Waals surface area contributed by atoms with Crippen LogP contribution >= 0.6 is 0 Å². The lowest BCUT2D eigenvalue weighted by Crippen LogP contribution is -2.43. The third-order valence-corrected chi connectivity index (χ3v) is 3.56. The third-order valence-electron chi connectivity index (χ3n) is 3.56. The summed E-state index contributed by atoms with van der Waals surface area (Å²) in [5, 5.41) is 20.8. The van der Waals surface area contributed by atoms with Gasteiger partial charge in [-0.05, 0) is 6.42 Å². The SMILES string of the molecule is CCCCCCCC(C(=O)O)(c1ccccc1)[N+](=O)[O-]. The summed E-state index contributed by atoms with van der Waals surface area (Å²) >= 11 is 0. The molecule has 1 rings (SSSR count). The maximum absolute atomic E-state index is 11.5. The Kier molecular flexibility index (Phi) is 6.15. The molecule has 0 radical (unpaired) electrons. The maximum atomic E-state index is 11.5. The molecule has 0 heterocycles. The molecule has 5 nitrogen and oxygen atoms in total. The van der Waals surface area contributed by atoms with Crippen LogP contribution in [0.2, 0.25) is 0 Å². The fraction of sp³-hybridized carbons (Fsp3) is 0.533. The second kappa shape index (κ2) is 7.62. The van der Waals surface area contributed by atoms with Crippen molar-refractivity contribution in [1.82, 2.24) is 0 Å². The van der Waals surface area contributed by atoms with E-state index >= 15 is 0 Å². The predicted octanol–water partition coefficient (Wildman–Crippen LogP) is 3.60. The Morgan fingerprint density at radius 3 is 2.30 bits per heavy atom. The van der Waals surface area contributed by atoms with Crippen molar-refractivity contribution >= 4 is 5.97 Å². The summed E-state index contributed by atoms with van der Waals surface area (Å²) < 4.78 is 0. The van der Waals surface area contributed by atoms with Crippen molar-refractivity contribution in [1.29, 1.82) is 0 Å². The van der Waals surface area contributed by atoms with Gasteiger partial charge in [0, 0.05) is 16.9 Å². The largest absolute Gasteiger partial charge is 0.476 e. The normalized spacial score (nSPS) is 13.7. The number of hydrogen-bond acceptors (Lipinski definition) is 3. The van der Waals surface area contributed by atoms with E-state index in [4.69, 9.17) is 0 Å². The summed E-state index contributed by atoms with van der Waals surface area (Å²) in [4.78, 5) is 22.3. The van der Waals surface area contributed by atoms with E-state index in [1.807, 2.05) is 0 Å². The standard InChI is InChI=1S/C15H21NO4/c1-2-3-4-5-9-12-15(14(17)18,16(19)20)13-10-7-6-8-11-13/h6-8,10-11H,2-5,9,12H2,1H3,(H,17,18). The van der Waals surface area contributed by atoms with Gasteiger partial charge < -0.3 is 5.11 Å². The van der Waals surface area contributed by atoms with Gasteiger partial charge in [0.2, 0.25) is 0 Å². The predicted molar refractivity (Wildman–Crippen MR) is 76.1 cm³/mol. The summed E-state index contributed by atoms with van der Waals surface area (Å²) in [7, 11) is 0. The van der Waals surface area contributed by atoms with Gasteiger partial charge in [0.05, 0.1) is 0 Å². The van der Waals surface area contributed by atoms with E-state index in [0.717, 1.165) is 25.7 Å². The first-order valence-corrected chi connectivity index (χ1v) is 6.99. The number of carboxylic acids is 1.